The maximum absolute atomic E-state index is 5.45. The Balaban J connectivity index is 1.83. The van der Waals surface area contributed by atoms with Gasteiger partial charge < -0.3 is 14.8 Å². The highest BCUT2D eigenvalue weighted by Crippen LogP contribution is 2.31. The fraction of sp³-hybridized carbons (Fsp3) is 0.0909. The van der Waals surface area contributed by atoms with Gasteiger partial charge in [0, 0.05) is 10.9 Å². The molecule has 0 amide bonds. The number of benzene rings is 3. The van der Waals surface area contributed by atoms with Crippen LogP contribution in [-0.2, 0) is 0 Å². The van der Waals surface area contributed by atoms with Crippen molar-refractivity contribution in [2.24, 2.45) is 0 Å². The maximum atomic E-state index is 5.45. The van der Waals surface area contributed by atoms with Gasteiger partial charge >= 0.3 is 0 Å². The summed E-state index contributed by atoms with van der Waals surface area (Å²) in [4.78, 5) is 9.50. The first-order valence-electron chi connectivity index (χ1n) is 8.60. The molecule has 0 bridgehead atoms. The molecule has 0 aliphatic rings. The van der Waals surface area contributed by atoms with Crippen molar-refractivity contribution >= 4 is 22.4 Å². The molecule has 5 nitrogen and oxygen atoms in total. The molecule has 0 fully saturated rings. The molecule has 4 aromatic rings. The van der Waals surface area contributed by atoms with E-state index in [0.29, 0.717) is 5.82 Å². The summed E-state index contributed by atoms with van der Waals surface area (Å²) in [5, 5.41) is 4.34. The number of hydrogen-bond donors (Lipinski definition) is 1. The van der Waals surface area contributed by atoms with Crippen molar-refractivity contribution in [2.45, 2.75) is 0 Å². The van der Waals surface area contributed by atoms with Crippen molar-refractivity contribution in [1.82, 2.24) is 9.97 Å². The maximum Gasteiger partial charge on any atom is 0.162 e. The van der Waals surface area contributed by atoms with E-state index in [0.717, 1.165) is 39.5 Å². The van der Waals surface area contributed by atoms with Gasteiger partial charge in [0.15, 0.2) is 5.82 Å². The van der Waals surface area contributed by atoms with Crippen LogP contribution in [0.1, 0.15) is 0 Å². The van der Waals surface area contributed by atoms with Crippen LogP contribution in [0.15, 0.2) is 72.8 Å². The number of methoxy groups -OCH3 is 2. The van der Waals surface area contributed by atoms with Gasteiger partial charge in [-0.25, -0.2) is 9.97 Å². The van der Waals surface area contributed by atoms with Gasteiger partial charge in [0.05, 0.1) is 25.4 Å². The van der Waals surface area contributed by atoms with Crippen LogP contribution in [0.4, 0.5) is 11.5 Å². The normalized spacial score (nSPS) is 10.6. The lowest BCUT2D eigenvalue weighted by atomic mass is 10.1. The summed E-state index contributed by atoms with van der Waals surface area (Å²) in [6, 6.07) is 23.4. The standard InChI is InChI=1S/C22H19N3O2/c1-26-16-13-11-15(12-14-16)21-23-18-8-4-3-7-17(18)22(25-21)24-19-9-5-6-10-20(19)27-2/h3-14H,1-2H3,(H,23,24,25). The molecule has 0 spiro atoms. The van der Waals surface area contributed by atoms with Crippen LogP contribution in [-0.4, -0.2) is 24.2 Å². The second-order valence-corrected chi connectivity index (χ2v) is 5.97. The summed E-state index contributed by atoms with van der Waals surface area (Å²) in [6.07, 6.45) is 0. The van der Waals surface area contributed by atoms with Crippen molar-refractivity contribution in [1.29, 1.82) is 0 Å². The first-order chi connectivity index (χ1) is 13.3. The molecule has 0 aliphatic heterocycles. The highest BCUT2D eigenvalue weighted by atomic mass is 16.5. The topological polar surface area (TPSA) is 56.3 Å². The summed E-state index contributed by atoms with van der Waals surface area (Å²) in [6.45, 7) is 0. The molecule has 0 aliphatic carbocycles. The van der Waals surface area contributed by atoms with E-state index in [4.69, 9.17) is 19.4 Å². The molecular formula is C22H19N3O2. The Morgan fingerprint density at radius 3 is 2.26 bits per heavy atom. The Morgan fingerprint density at radius 1 is 0.741 bits per heavy atom. The molecule has 0 radical (unpaired) electrons. The smallest absolute Gasteiger partial charge is 0.162 e. The van der Waals surface area contributed by atoms with E-state index in [-0.39, 0.29) is 0 Å². The fourth-order valence-electron chi connectivity index (χ4n) is 2.92. The minimum absolute atomic E-state index is 0.647. The predicted molar refractivity (Wildman–Crippen MR) is 108 cm³/mol. The number of nitrogens with zero attached hydrogens (tertiary/aromatic N) is 2. The molecule has 0 atom stereocenters. The fourth-order valence-corrected chi connectivity index (χ4v) is 2.92. The second kappa shape index (κ2) is 7.33. The Morgan fingerprint density at radius 2 is 1.48 bits per heavy atom. The lowest BCUT2D eigenvalue weighted by Gasteiger charge is -2.13. The largest absolute Gasteiger partial charge is 0.497 e. The molecule has 3 aromatic carbocycles. The molecule has 1 aromatic heterocycles. The number of anilines is 2. The quantitative estimate of drug-likeness (QED) is 0.541. The van der Waals surface area contributed by atoms with E-state index in [1.54, 1.807) is 14.2 Å². The number of hydrogen-bond acceptors (Lipinski definition) is 5. The van der Waals surface area contributed by atoms with Crippen LogP contribution in [0.25, 0.3) is 22.3 Å². The van der Waals surface area contributed by atoms with E-state index < -0.39 is 0 Å². The van der Waals surface area contributed by atoms with Crippen LogP contribution in [0.3, 0.4) is 0 Å². The van der Waals surface area contributed by atoms with Gasteiger partial charge in [0.2, 0.25) is 0 Å². The van der Waals surface area contributed by atoms with Gasteiger partial charge in [-0.15, -0.1) is 0 Å². The van der Waals surface area contributed by atoms with Gasteiger partial charge in [0.1, 0.15) is 17.3 Å². The number of nitrogens with one attached hydrogen (secondary N) is 1. The van der Waals surface area contributed by atoms with Crippen molar-refractivity contribution in [3.8, 4) is 22.9 Å². The van der Waals surface area contributed by atoms with Crippen LogP contribution in [0.2, 0.25) is 0 Å². The zero-order valence-electron chi connectivity index (χ0n) is 15.1. The molecule has 27 heavy (non-hydrogen) atoms. The highest BCUT2D eigenvalue weighted by molar-refractivity contribution is 5.92. The molecule has 1 N–H and O–H groups in total. The molecular weight excluding hydrogens is 338 g/mol. The van der Waals surface area contributed by atoms with Crippen molar-refractivity contribution < 1.29 is 9.47 Å². The highest BCUT2D eigenvalue weighted by Gasteiger charge is 2.11. The van der Waals surface area contributed by atoms with Gasteiger partial charge in [-0.1, -0.05) is 24.3 Å². The Labute approximate surface area is 157 Å². The van der Waals surface area contributed by atoms with Crippen molar-refractivity contribution in [3.05, 3.63) is 72.8 Å². The van der Waals surface area contributed by atoms with E-state index in [1.807, 2.05) is 72.8 Å². The molecule has 0 unspecified atom stereocenters. The van der Waals surface area contributed by atoms with Crippen LogP contribution >= 0.6 is 0 Å². The lowest BCUT2D eigenvalue weighted by Crippen LogP contribution is -2.00. The SMILES string of the molecule is COc1ccc(-c2nc(Nc3ccccc3OC)c3ccccc3n2)cc1. The van der Waals surface area contributed by atoms with E-state index in [1.165, 1.54) is 0 Å². The van der Waals surface area contributed by atoms with Gasteiger partial charge in [-0.2, -0.15) is 0 Å². The van der Waals surface area contributed by atoms with Crippen LogP contribution < -0.4 is 14.8 Å². The third-order valence-corrected chi connectivity index (χ3v) is 4.31. The number of fused-ring (bicyclic) bond motifs is 1. The van der Waals surface area contributed by atoms with Crippen LogP contribution in [0, 0.1) is 0 Å². The number of ether oxygens (including phenoxy) is 2. The molecule has 4 rings (SSSR count). The van der Waals surface area contributed by atoms with E-state index in [9.17, 15) is 0 Å². The number of aromatic nitrogens is 2. The average molecular weight is 357 g/mol. The summed E-state index contributed by atoms with van der Waals surface area (Å²) in [7, 11) is 3.30. The van der Waals surface area contributed by atoms with E-state index >= 15 is 0 Å². The summed E-state index contributed by atoms with van der Waals surface area (Å²) in [5.74, 6) is 2.93. The zero-order chi connectivity index (χ0) is 18.6. The van der Waals surface area contributed by atoms with Crippen LogP contribution in [0.5, 0.6) is 11.5 Å². The molecule has 1 heterocycles. The van der Waals surface area contributed by atoms with Crippen molar-refractivity contribution in [2.75, 3.05) is 19.5 Å². The Hall–Kier alpha value is -3.60. The minimum Gasteiger partial charge on any atom is -0.497 e. The second-order valence-electron chi connectivity index (χ2n) is 5.97. The van der Waals surface area contributed by atoms with E-state index in [2.05, 4.69) is 5.32 Å². The number of rotatable bonds is 5. The Kier molecular flexibility index (Phi) is 4.58. The van der Waals surface area contributed by atoms with Crippen molar-refractivity contribution in [3.63, 3.8) is 0 Å². The summed E-state index contributed by atoms with van der Waals surface area (Å²) >= 11 is 0. The molecule has 0 saturated heterocycles. The van der Waals surface area contributed by atoms with Gasteiger partial charge in [-0.05, 0) is 48.5 Å². The third kappa shape index (κ3) is 3.40. The Bertz CT molecular complexity index is 1080. The summed E-state index contributed by atoms with van der Waals surface area (Å²) in [5.41, 5.74) is 2.64. The first kappa shape index (κ1) is 16.8. The predicted octanol–water partition coefficient (Wildman–Crippen LogP) is 5.06. The molecule has 0 saturated carbocycles. The molecule has 134 valence electrons. The average Bonchev–Trinajstić information content (AvgIpc) is 2.74. The summed E-state index contributed by atoms with van der Waals surface area (Å²) < 4.78 is 10.7. The number of para-hydroxylation sites is 3. The first-order valence-corrected chi connectivity index (χ1v) is 8.60. The zero-order valence-corrected chi connectivity index (χ0v) is 15.1. The van der Waals surface area contributed by atoms with Gasteiger partial charge in [-0.3, -0.25) is 0 Å². The lowest BCUT2D eigenvalue weighted by molar-refractivity contribution is 0.415. The van der Waals surface area contributed by atoms with Gasteiger partial charge in [0.25, 0.3) is 0 Å². The third-order valence-electron chi connectivity index (χ3n) is 4.31. The minimum atomic E-state index is 0.647. The monoisotopic (exact) mass is 357 g/mol. The molecule has 5 heteroatoms.